The predicted octanol–water partition coefficient (Wildman–Crippen LogP) is 1.74. The number of phenolic OH excluding ortho intramolecular Hbond substituents is 1. The molecule has 11 nitrogen and oxygen atoms in total. The van der Waals surface area contributed by atoms with E-state index in [9.17, 15) is 28.4 Å². The molecular weight excluding hydrogens is 440 g/mol. The highest BCUT2D eigenvalue weighted by atomic mass is 32.2. The molecule has 0 radical (unpaired) electrons. The summed E-state index contributed by atoms with van der Waals surface area (Å²) < 4.78 is 34.1. The van der Waals surface area contributed by atoms with Gasteiger partial charge in [-0.25, -0.2) is 13.1 Å². The van der Waals surface area contributed by atoms with Crippen LogP contribution in [0.25, 0.3) is 5.69 Å². The lowest BCUT2D eigenvalue weighted by Crippen LogP contribution is -2.41. The lowest BCUT2D eigenvalue weighted by molar-refractivity contribution is -0.385. The SMILES string of the molecule is O=C(c1cnn(-c2ccc([N+](=O)[O-])cc2S(=O)(=O)N2CCOCC2)c1)c1ccccc1O. The second-order valence-electron chi connectivity index (χ2n) is 6.95. The van der Waals surface area contributed by atoms with Gasteiger partial charge in [-0.2, -0.15) is 9.40 Å². The Balaban J connectivity index is 1.78. The van der Waals surface area contributed by atoms with E-state index < -0.39 is 26.4 Å². The van der Waals surface area contributed by atoms with Crippen LogP contribution in [0.3, 0.4) is 0 Å². The molecule has 0 aliphatic carbocycles. The molecule has 2 aromatic carbocycles. The fourth-order valence-electron chi connectivity index (χ4n) is 3.33. The van der Waals surface area contributed by atoms with E-state index in [1.807, 2.05) is 0 Å². The highest BCUT2D eigenvalue weighted by Gasteiger charge is 2.31. The normalized spacial score (nSPS) is 14.9. The van der Waals surface area contributed by atoms with Crippen LogP contribution in [-0.2, 0) is 14.8 Å². The summed E-state index contributed by atoms with van der Waals surface area (Å²) in [6.07, 6.45) is 2.55. The minimum atomic E-state index is -4.10. The third-order valence-electron chi connectivity index (χ3n) is 4.98. The van der Waals surface area contributed by atoms with Crippen LogP contribution >= 0.6 is 0 Å². The molecule has 166 valence electrons. The Morgan fingerprint density at radius 1 is 1.16 bits per heavy atom. The number of morpholine rings is 1. The molecule has 0 spiro atoms. The van der Waals surface area contributed by atoms with Gasteiger partial charge in [-0.05, 0) is 18.2 Å². The summed E-state index contributed by atoms with van der Waals surface area (Å²) in [7, 11) is -4.10. The molecule has 4 rings (SSSR count). The number of aromatic nitrogens is 2. The molecular formula is C20H18N4O7S. The number of carbonyl (C=O) groups excluding carboxylic acids is 1. The first kappa shape index (κ1) is 21.6. The van der Waals surface area contributed by atoms with Crippen LogP contribution in [0.1, 0.15) is 15.9 Å². The first-order valence-corrected chi connectivity index (χ1v) is 11.0. The number of ether oxygens (including phenoxy) is 1. The molecule has 0 saturated carbocycles. The van der Waals surface area contributed by atoms with E-state index in [0.29, 0.717) is 0 Å². The van der Waals surface area contributed by atoms with Crippen molar-refractivity contribution < 1.29 is 28.0 Å². The van der Waals surface area contributed by atoms with E-state index in [2.05, 4.69) is 5.10 Å². The number of nitro groups is 1. The molecule has 1 aliphatic rings. The number of benzene rings is 2. The van der Waals surface area contributed by atoms with Crippen LogP contribution in [0, 0.1) is 10.1 Å². The van der Waals surface area contributed by atoms with Gasteiger partial charge in [-0.15, -0.1) is 0 Å². The van der Waals surface area contributed by atoms with Gasteiger partial charge in [0.25, 0.3) is 5.69 Å². The molecule has 1 aromatic heterocycles. The lowest BCUT2D eigenvalue weighted by atomic mass is 10.1. The number of nitro benzene ring substituents is 1. The van der Waals surface area contributed by atoms with Crippen molar-refractivity contribution in [2.24, 2.45) is 0 Å². The van der Waals surface area contributed by atoms with E-state index in [1.165, 1.54) is 45.6 Å². The first-order valence-electron chi connectivity index (χ1n) is 9.53. The van der Waals surface area contributed by atoms with Gasteiger partial charge in [-0.1, -0.05) is 12.1 Å². The van der Waals surface area contributed by atoms with Crippen molar-refractivity contribution >= 4 is 21.5 Å². The van der Waals surface area contributed by atoms with E-state index in [4.69, 9.17) is 4.74 Å². The monoisotopic (exact) mass is 458 g/mol. The molecule has 1 fully saturated rings. The quantitative estimate of drug-likeness (QED) is 0.334. The Kier molecular flexibility index (Phi) is 5.74. The Hall–Kier alpha value is -3.61. The molecule has 12 heteroatoms. The number of para-hydroxylation sites is 1. The molecule has 0 amide bonds. The average Bonchev–Trinajstić information content (AvgIpc) is 3.29. The summed E-state index contributed by atoms with van der Waals surface area (Å²) in [6.45, 7) is 0.649. The molecule has 2 heterocycles. The number of phenols is 1. The highest BCUT2D eigenvalue weighted by molar-refractivity contribution is 7.89. The lowest BCUT2D eigenvalue weighted by Gasteiger charge is -2.26. The third kappa shape index (κ3) is 3.98. The molecule has 1 aliphatic heterocycles. The second-order valence-corrected chi connectivity index (χ2v) is 8.85. The summed E-state index contributed by atoms with van der Waals surface area (Å²) in [6, 6.07) is 9.42. The number of hydrogen-bond acceptors (Lipinski definition) is 8. The highest BCUT2D eigenvalue weighted by Crippen LogP contribution is 2.29. The van der Waals surface area contributed by atoms with Crippen LogP contribution < -0.4 is 0 Å². The van der Waals surface area contributed by atoms with Crippen LogP contribution in [0.2, 0.25) is 0 Å². The van der Waals surface area contributed by atoms with Crippen LogP contribution in [0.4, 0.5) is 5.69 Å². The fourth-order valence-corrected chi connectivity index (χ4v) is 4.93. The number of hydrogen-bond donors (Lipinski definition) is 1. The second kappa shape index (κ2) is 8.49. The van der Waals surface area contributed by atoms with Crippen molar-refractivity contribution in [3.05, 3.63) is 76.1 Å². The van der Waals surface area contributed by atoms with E-state index in [-0.39, 0.29) is 53.8 Å². The smallest absolute Gasteiger partial charge is 0.270 e. The van der Waals surface area contributed by atoms with Crippen LogP contribution in [0.5, 0.6) is 5.75 Å². The van der Waals surface area contributed by atoms with Crippen molar-refractivity contribution in [3.8, 4) is 11.4 Å². The molecule has 1 saturated heterocycles. The maximum atomic E-state index is 13.3. The number of rotatable bonds is 6. The van der Waals surface area contributed by atoms with Crippen molar-refractivity contribution in [2.75, 3.05) is 26.3 Å². The molecule has 0 bridgehead atoms. The van der Waals surface area contributed by atoms with Crippen molar-refractivity contribution in [1.29, 1.82) is 0 Å². The van der Waals surface area contributed by atoms with Gasteiger partial charge in [0.05, 0.1) is 41.1 Å². The molecule has 3 aromatic rings. The standard InChI is InChI=1S/C20H18N4O7S/c25-18-4-2-1-3-16(18)20(26)14-12-21-23(13-14)17-6-5-15(24(27)28)11-19(17)32(29,30)22-7-9-31-10-8-22/h1-6,11-13,25H,7-10H2. The molecule has 0 atom stereocenters. The van der Waals surface area contributed by atoms with Gasteiger partial charge in [0, 0.05) is 31.4 Å². The summed E-state index contributed by atoms with van der Waals surface area (Å²) >= 11 is 0. The number of aromatic hydroxyl groups is 1. The number of non-ortho nitro benzene ring substituents is 1. The first-order chi connectivity index (χ1) is 15.3. The summed E-state index contributed by atoms with van der Waals surface area (Å²) in [5, 5.41) is 25.3. The van der Waals surface area contributed by atoms with E-state index in [1.54, 1.807) is 12.1 Å². The minimum absolute atomic E-state index is 0.0541. The Morgan fingerprint density at radius 3 is 2.56 bits per heavy atom. The van der Waals surface area contributed by atoms with Gasteiger partial charge >= 0.3 is 0 Å². The average molecular weight is 458 g/mol. The molecule has 1 N–H and O–H groups in total. The fraction of sp³-hybridized carbons (Fsp3) is 0.200. The maximum Gasteiger partial charge on any atom is 0.270 e. The number of sulfonamides is 1. The van der Waals surface area contributed by atoms with Gasteiger partial charge in [0.15, 0.2) is 5.78 Å². The van der Waals surface area contributed by atoms with Gasteiger partial charge < -0.3 is 9.84 Å². The van der Waals surface area contributed by atoms with Crippen LogP contribution in [-0.4, -0.2) is 64.6 Å². The Labute approximate surface area is 182 Å². The topological polar surface area (TPSA) is 145 Å². The summed E-state index contributed by atoms with van der Waals surface area (Å²) in [4.78, 5) is 23.0. The van der Waals surface area contributed by atoms with E-state index in [0.717, 1.165) is 6.07 Å². The molecule has 0 unspecified atom stereocenters. The Bertz CT molecular complexity index is 1300. The summed E-state index contributed by atoms with van der Waals surface area (Å²) in [5.74, 6) is -0.704. The van der Waals surface area contributed by atoms with Gasteiger partial charge in [0.1, 0.15) is 10.6 Å². The van der Waals surface area contributed by atoms with Crippen molar-refractivity contribution in [1.82, 2.24) is 14.1 Å². The third-order valence-corrected chi connectivity index (χ3v) is 6.91. The predicted molar refractivity (Wildman–Crippen MR) is 111 cm³/mol. The van der Waals surface area contributed by atoms with Gasteiger partial charge in [0.2, 0.25) is 10.0 Å². The number of carbonyl (C=O) groups is 1. The zero-order valence-electron chi connectivity index (χ0n) is 16.6. The summed E-state index contributed by atoms with van der Waals surface area (Å²) in [5.41, 5.74) is -0.159. The maximum absolute atomic E-state index is 13.3. The number of nitrogens with zero attached hydrogens (tertiary/aromatic N) is 4. The van der Waals surface area contributed by atoms with Crippen LogP contribution in [0.15, 0.2) is 59.8 Å². The zero-order chi connectivity index (χ0) is 22.9. The van der Waals surface area contributed by atoms with E-state index >= 15 is 0 Å². The largest absolute Gasteiger partial charge is 0.507 e. The minimum Gasteiger partial charge on any atom is -0.507 e. The van der Waals surface area contributed by atoms with Gasteiger partial charge in [-0.3, -0.25) is 14.9 Å². The Morgan fingerprint density at radius 2 is 1.88 bits per heavy atom. The van der Waals surface area contributed by atoms with Crippen molar-refractivity contribution in [2.45, 2.75) is 4.90 Å². The molecule has 32 heavy (non-hydrogen) atoms. The van der Waals surface area contributed by atoms with Crippen molar-refractivity contribution in [3.63, 3.8) is 0 Å². The number of ketones is 1. The zero-order valence-corrected chi connectivity index (χ0v) is 17.4.